The number of carbonyl (C=O) groups is 1. The van der Waals surface area contributed by atoms with Gasteiger partial charge in [-0.2, -0.15) is 0 Å². The van der Waals surface area contributed by atoms with E-state index in [4.69, 9.17) is 5.73 Å². The molecule has 0 aromatic rings. The highest BCUT2D eigenvalue weighted by molar-refractivity contribution is 5.76. The van der Waals surface area contributed by atoms with Crippen molar-refractivity contribution in [3.05, 3.63) is 0 Å². The van der Waals surface area contributed by atoms with Crippen molar-refractivity contribution >= 4 is 5.91 Å². The minimum atomic E-state index is 0.286. The van der Waals surface area contributed by atoms with E-state index >= 15 is 0 Å². The summed E-state index contributed by atoms with van der Waals surface area (Å²) in [5.74, 6) is 0.286. The predicted molar refractivity (Wildman–Crippen MR) is 60.1 cm³/mol. The molecule has 0 aliphatic rings. The van der Waals surface area contributed by atoms with Gasteiger partial charge in [-0.15, -0.1) is 0 Å². The van der Waals surface area contributed by atoms with Crippen LogP contribution in [0.3, 0.4) is 0 Å². The predicted octanol–water partition coefficient (Wildman–Crippen LogP) is 1.76. The quantitative estimate of drug-likeness (QED) is 0.607. The number of carbonyl (C=O) groups excluding carboxylic acids is 1. The molecule has 3 nitrogen and oxygen atoms in total. The van der Waals surface area contributed by atoms with Gasteiger partial charge in [-0.05, 0) is 32.7 Å². The average molecular weight is 200 g/mol. The maximum atomic E-state index is 11.6. The van der Waals surface area contributed by atoms with Crippen LogP contribution in [-0.2, 0) is 4.79 Å². The molecule has 0 spiro atoms. The van der Waals surface area contributed by atoms with E-state index in [1.807, 2.05) is 11.8 Å². The number of hydrogen-bond donors (Lipinski definition) is 1. The molecule has 0 aromatic carbocycles. The summed E-state index contributed by atoms with van der Waals surface area (Å²) < 4.78 is 0. The third kappa shape index (κ3) is 5.97. The van der Waals surface area contributed by atoms with Gasteiger partial charge in [0.2, 0.25) is 5.91 Å². The molecule has 0 heterocycles. The number of unbranched alkanes of at least 4 members (excludes halogenated alkanes) is 2. The largest absolute Gasteiger partial charge is 0.343 e. The average Bonchev–Trinajstić information content (AvgIpc) is 2.19. The van der Waals surface area contributed by atoms with Crippen LogP contribution >= 0.6 is 0 Å². The molecule has 0 aromatic heterocycles. The summed E-state index contributed by atoms with van der Waals surface area (Å²) in [4.78, 5) is 13.6. The molecule has 2 N–H and O–H groups in total. The second kappa shape index (κ2) is 9.00. The van der Waals surface area contributed by atoms with E-state index in [0.29, 0.717) is 13.0 Å². The topological polar surface area (TPSA) is 46.3 Å². The molecule has 0 saturated heterocycles. The molecule has 3 heteroatoms. The third-order valence-electron chi connectivity index (χ3n) is 2.36. The summed E-state index contributed by atoms with van der Waals surface area (Å²) in [5, 5.41) is 0. The molecular formula is C11H24N2O. The van der Waals surface area contributed by atoms with Crippen molar-refractivity contribution in [1.29, 1.82) is 0 Å². The zero-order valence-corrected chi connectivity index (χ0v) is 9.59. The normalized spacial score (nSPS) is 10.2. The zero-order chi connectivity index (χ0) is 10.8. The van der Waals surface area contributed by atoms with Gasteiger partial charge in [0.25, 0.3) is 0 Å². The van der Waals surface area contributed by atoms with Crippen LogP contribution in [0.25, 0.3) is 0 Å². The summed E-state index contributed by atoms with van der Waals surface area (Å²) in [6.07, 6.45) is 4.80. The Hall–Kier alpha value is -0.570. The van der Waals surface area contributed by atoms with Gasteiger partial charge < -0.3 is 10.6 Å². The summed E-state index contributed by atoms with van der Waals surface area (Å²) in [6, 6.07) is 0. The number of hydrogen-bond acceptors (Lipinski definition) is 2. The van der Waals surface area contributed by atoms with Gasteiger partial charge in [-0.3, -0.25) is 4.79 Å². The van der Waals surface area contributed by atoms with E-state index in [-0.39, 0.29) is 5.91 Å². The number of nitrogens with two attached hydrogens (primary N) is 1. The Morgan fingerprint density at radius 3 is 2.43 bits per heavy atom. The van der Waals surface area contributed by atoms with Crippen molar-refractivity contribution in [2.75, 3.05) is 19.6 Å². The summed E-state index contributed by atoms with van der Waals surface area (Å²) in [6.45, 7) is 6.62. The lowest BCUT2D eigenvalue weighted by atomic mass is 10.2. The molecule has 0 fully saturated rings. The Labute approximate surface area is 87.6 Å². The van der Waals surface area contributed by atoms with E-state index in [2.05, 4.69) is 6.92 Å². The highest BCUT2D eigenvalue weighted by atomic mass is 16.2. The first-order valence-electron chi connectivity index (χ1n) is 5.74. The number of nitrogens with zero attached hydrogens (tertiary/aromatic N) is 1. The minimum absolute atomic E-state index is 0.286. The van der Waals surface area contributed by atoms with Gasteiger partial charge in [-0.25, -0.2) is 0 Å². The molecule has 14 heavy (non-hydrogen) atoms. The fourth-order valence-corrected chi connectivity index (χ4v) is 1.39. The molecule has 1 amide bonds. The zero-order valence-electron chi connectivity index (χ0n) is 9.59. The number of amides is 1. The molecule has 0 aliphatic heterocycles. The molecule has 0 unspecified atom stereocenters. The maximum absolute atomic E-state index is 11.6. The highest BCUT2D eigenvalue weighted by Gasteiger charge is 2.09. The van der Waals surface area contributed by atoms with Crippen molar-refractivity contribution in [3.63, 3.8) is 0 Å². The monoisotopic (exact) mass is 200 g/mol. The fraction of sp³-hybridized carbons (Fsp3) is 0.909. The van der Waals surface area contributed by atoms with Gasteiger partial charge in [0, 0.05) is 19.5 Å². The third-order valence-corrected chi connectivity index (χ3v) is 2.36. The van der Waals surface area contributed by atoms with Crippen LogP contribution < -0.4 is 5.73 Å². The highest BCUT2D eigenvalue weighted by Crippen LogP contribution is 2.02. The fourth-order valence-electron chi connectivity index (χ4n) is 1.39. The summed E-state index contributed by atoms with van der Waals surface area (Å²) in [7, 11) is 0. The maximum Gasteiger partial charge on any atom is 0.222 e. The van der Waals surface area contributed by atoms with Crippen molar-refractivity contribution in [2.45, 2.75) is 46.0 Å². The van der Waals surface area contributed by atoms with Gasteiger partial charge in [0.05, 0.1) is 0 Å². The Morgan fingerprint density at radius 2 is 1.93 bits per heavy atom. The van der Waals surface area contributed by atoms with Gasteiger partial charge in [-0.1, -0.05) is 13.3 Å². The van der Waals surface area contributed by atoms with Crippen LogP contribution in [-0.4, -0.2) is 30.4 Å². The van der Waals surface area contributed by atoms with E-state index in [9.17, 15) is 4.79 Å². The molecular weight excluding hydrogens is 176 g/mol. The lowest BCUT2D eigenvalue weighted by Crippen LogP contribution is -2.31. The Balaban J connectivity index is 3.67. The molecule has 0 rings (SSSR count). The molecule has 0 radical (unpaired) electrons. The van der Waals surface area contributed by atoms with Crippen molar-refractivity contribution in [3.8, 4) is 0 Å². The van der Waals surface area contributed by atoms with E-state index in [1.165, 1.54) is 0 Å². The van der Waals surface area contributed by atoms with Gasteiger partial charge in [0.15, 0.2) is 0 Å². The summed E-state index contributed by atoms with van der Waals surface area (Å²) in [5.41, 5.74) is 5.38. The molecule has 0 bridgehead atoms. The van der Waals surface area contributed by atoms with E-state index < -0.39 is 0 Å². The first kappa shape index (κ1) is 13.4. The van der Waals surface area contributed by atoms with Crippen molar-refractivity contribution in [2.24, 2.45) is 5.73 Å². The summed E-state index contributed by atoms with van der Waals surface area (Å²) >= 11 is 0. The minimum Gasteiger partial charge on any atom is -0.343 e. The Morgan fingerprint density at radius 1 is 1.21 bits per heavy atom. The van der Waals surface area contributed by atoms with Crippen molar-refractivity contribution in [1.82, 2.24) is 4.90 Å². The van der Waals surface area contributed by atoms with Gasteiger partial charge in [0.1, 0.15) is 0 Å². The second-order valence-corrected chi connectivity index (χ2v) is 3.57. The Kier molecular flexibility index (Phi) is 8.64. The van der Waals surface area contributed by atoms with Crippen LogP contribution in [0.4, 0.5) is 0 Å². The molecule has 0 saturated carbocycles. The van der Waals surface area contributed by atoms with E-state index in [1.54, 1.807) is 0 Å². The molecule has 84 valence electrons. The van der Waals surface area contributed by atoms with Crippen LogP contribution in [0.5, 0.6) is 0 Å². The SMILES string of the molecule is CCCCN(CC)C(=O)CCCCN. The van der Waals surface area contributed by atoms with Crippen LogP contribution in [0.15, 0.2) is 0 Å². The van der Waals surface area contributed by atoms with Gasteiger partial charge >= 0.3 is 0 Å². The second-order valence-electron chi connectivity index (χ2n) is 3.57. The number of rotatable bonds is 8. The molecule has 0 atom stereocenters. The lowest BCUT2D eigenvalue weighted by Gasteiger charge is -2.20. The van der Waals surface area contributed by atoms with Crippen LogP contribution in [0.1, 0.15) is 46.0 Å². The Bertz CT molecular complexity index is 148. The molecule has 0 aliphatic carbocycles. The first-order chi connectivity index (χ1) is 6.76. The standard InChI is InChI=1S/C11H24N2O/c1-3-5-10-13(4-2)11(14)8-6-7-9-12/h3-10,12H2,1-2H3. The van der Waals surface area contributed by atoms with Crippen LogP contribution in [0.2, 0.25) is 0 Å². The van der Waals surface area contributed by atoms with Crippen LogP contribution in [0, 0.1) is 0 Å². The first-order valence-corrected chi connectivity index (χ1v) is 5.74. The lowest BCUT2D eigenvalue weighted by molar-refractivity contribution is -0.131. The van der Waals surface area contributed by atoms with Crippen molar-refractivity contribution < 1.29 is 4.79 Å². The smallest absolute Gasteiger partial charge is 0.222 e. The van der Waals surface area contributed by atoms with E-state index in [0.717, 1.165) is 38.8 Å².